The summed E-state index contributed by atoms with van der Waals surface area (Å²) in [6.07, 6.45) is 0.538. The number of halogens is 1. The van der Waals surface area contributed by atoms with Crippen molar-refractivity contribution in [2.75, 3.05) is 62.7 Å². The second-order valence-electron chi connectivity index (χ2n) is 19.1. The number of imide groups is 1. The van der Waals surface area contributed by atoms with Gasteiger partial charge >= 0.3 is 0 Å². The number of aromatic nitrogens is 1. The first kappa shape index (κ1) is 42.5. The Morgan fingerprint density at radius 1 is 0.921 bits per heavy atom. The van der Waals surface area contributed by atoms with E-state index in [0.717, 1.165) is 48.7 Å². The number of nitriles is 1. The first-order chi connectivity index (χ1) is 30.1. The first-order valence-corrected chi connectivity index (χ1v) is 21.9. The molecule has 1 saturated carbocycles. The molecule has 0 bridgehead atoms. The third-order valence-electron chi connectivity index (χ3n) is 14.3. The van der Waals surface area contributed by atoms with Gasteiger partial charge in [0.05, 0.1) is 23.7 Å². The Hall–Kier alpha value is -5.82. The van der Waals surface area contributed by atoms with E-state index in [0.29, 0.717) is 73.2 Å². The van der Waals surface area contributed by atoms with Crippen LogP contribution in [0.15, 0.2) is 71.5 Å². The number of piperidine rings is 1. The normalized spacial score (nSPS) is 26.8. The van der Waals surface area contributed by atoms with E-state index in [4.69, 9.17) is 9.47 Å². The summed E-state index contributed by atoms with van der Waals surface area (Å²) >= 11 is 0. The Kier molecular flexibility index (Phi) is 10.8. The highest BCUT2D eigenvalue weighted by Crippen LogP contribution is 2.56. The molecule has 4 aliphatic heterocycles. The molecule has 3 amide bonds. The lowest BCUT2D eigenvalue weighted by Crippen LogP contribution is -2.74. The number of H-pyrrole nitrogens is 1. The topological polar surface area (TPSA) is 163 Å². The van der Waals surface area contributed by atoms with Crippen LogP contribution in [0.25, 0.3) is 10.9 Å². The molecular formula is C48H55FN8O6. The summed E-state index contributed by atoms with van der Waals surface area (Å²) in [5.74, 6) is -0.132. The zero-order chi connectivity index (χ0) is 44.4. The second kappa shape index (κ2) is 16.1. The fraction of sp³-hybridized carbons (Fsp3) is 0.479. The van der Waals surface area contributed by atoms with Crippen molar-refractivity contribution in [1.29, 1.82) is 5.26 Å². The minimum Gasteiger partial charge on any atom is -0.488 e. The number of amides is 3. The summed E-state index contributed by atoms with van der Waals surface area (Å²) in [6, 6.07) is 21.8. The van der Waals surface area contributed by atoms with Crippen LogP contribution in [0, 0.1) is 22.2 Å². The number of alkyl halides is 1. The SMILES string of the molecule is COC1c2ccc(N3CCC(F)(CN4CCN(c5ccc(C(=O)NC6C(C)(C)C(Oc7ccc(C#N)c8[nH]c(=O)ccc78)C6(C)C)cc5)CC4)C3)cc2CN1C1CCC(=O)NC1=O. The van der Waals surface area contributed by atoms with E-state index in [2.05, 4.69) is 70.1 Å². The zero-order valence-corrected chi connectivity index (χ0v) is 36.5. The number of ether oxygens (including phenoxy) is 2. The third-order valence-corrected chi connectivity index (χ3v) is 14.3. The van der Waals surface area contributed by atoms with Crippen molar-refractivity contribution < 1.29 is 28.2 Å². The minimum absolute atomic E-state index is 0.163. The summed E-state index contributed by atoms with van der Waals surface area (Å²) in [6.45, 7) is 13.0. The average Bonchev–Trinajstić information content (AvgIpc) is 3.84. The van der Waals surface area contributed by atoms with E-state index >= 15 is 4.39 Å². The number of anilines is 2. The molecule has 330 valence electrons. The van der Waals surface area contributed by atoms with Gasteiger partial charge in [-0.1, -0.05) is 33.8 Å². The maximum atomic E-state index is 16.5. The highest BCUT2D eigenvalue weighted by atomic mass is 19.1. The summed E-state index contributed by atoms with van der Waals surface area (Å²) in [4.78, 5) is 61.5. The Balaban J connectivity index is 0.767. The first-order valence-electron chi connectivity index (χ1n) is 21.9. The van der Waals surface area contributed by atoms with Gasteiger partial charge in [0.1, 0.15) is 29.8 Å². The zero-order valence-electron chi connectivity index (χ0n) is 36.5. The molecule has 1 aromatic heterocycles. The number of pyridine rings is 1. The van der Waals surface area contributed by atoms with Gasteiger partial charge in [-0.2, -0.15) is 5.26 Å². The van der Waals surface area contributed by atoms with Crippen molar-refractivity contribution in [3.05, 3.63) is 99.3 Å². The Bertz CT molecular complexity index is 2550. The number of methoxy groups -OCH3 is 1. The lowest BCUT2D eigenvalue weighted by atomic mass is 9.49. The fourth-order valence-electron chi connectivity index (χ4n) is 11.3. The predicted molar refractivity (Wildman–Crippen MR) is 236 cm³/mol. The molecule has 0 spiro atoms. The Morgan fingerprint density at radius 3 is 2.35 bits per heavy atom. The molecule has 15 heteroatoms. The number of piperazine rings is 1. The van der Waals surface area contributed by atoms with Gasteiger partial charge in [-0.05, 0) is 66.6 Å². The van der Waals surface area contributed by atoms with E-state index < -0.39 is 22.5 Å². The van der Waals surface area contributed by atoms with Crippen LogP contribution in [-0.4, -0.2) is 109 Å². The number of fused-ring (bicyclic) bond motifs is 2. The number of carbonyl (C=O) groups is 3. The molecule has 3 atom stereocenters. The molecule has 9 rings (SSSR count). The maximum absolute atomic E-state index is 16.5. The van der Waals surface area contributed by atoms with Crippen molar-refractivity contribution in [3.63, 3.8) is 0 Å². The summed E-state index contributed by atoms with van der Waals surface area (Å²) in [7, 11) is 1.63. The van der Waals surface area contributed by atoms with E-state index in [1.807, 2.05) is 41.3 Å². The quantitative estimate of drug-likeness (QED) is 0.184. The van der Waals surface area contributed by atoms with Gasteiger partial charge in [0.15, 0.2) is 0 Å². The van der Waals surface area contributed by atoms with E-state index in [-0.39, 0.29) is 41.7 Å². The number of nitrogens with zero attached hydrogens (tertiary/aromatic N) is 5. The molecule has 4 fully saturated rings. The standard InChI is InChI=1S/C48H55FN8O6/c1-46(2)44(47(3,4)45(46)63-37-15-8-30(25-50)40-35(37)13-16-38(58)51-40)53-41(60)29-6-9-32(10-7-29)55-22-20-54(21-23-55)27-48(49)18-19-56(28-48)33-11-12-34-31(24-33)26-57(43(34)62-5)36-14-17-39(59)52-42(36)61/h6-13,15-16,24,36,43-45H,14,17-23,26-28H2,1-5H3,(H,51,58)(H,53,60)(H,52,59,61). The molecule has 5 heterocycles. The number of hydrogen-bond acceptors (Lipinski definition) is 11. The number of benzene rings is 3. The lowest BCUT2D eigenvalue weighted by Gasteiger charge is -2.63. The Labute approximate surface area is 366 Å². The molecule has 4 aromatic rings. The molecule has 0 radical (unpaired) electrons. The fourth-order valence-corrected chi connectivity index (χ4v) is 11.3. The van der Waals surface area contributed by atoms with Crippen LogP contribution >= 0.6 is 0 Å². The van der Waals surface area contributed by atoms with Gasteiger partial charge < -0.3 is 29.6 Å². The third kappa shape index (κ3) is 7.72. The van der Waals surface area contributed by atoms with E-state index in [1.165, 1.54) is 6.07 Å². The maximum Gasteiger partial charge on any atom is 0.251 e. The number of rotatable bonds is 10. The van der Waals surface area contributed by atoms with Crippen molar-refractivity contribution in [2.45, 2.75) is 83.6 Å². The number of aromatic amines is 1. The minimum atomic E-state index is -1.35. The largest absolute Gasteiger partial charge is 0.488 e. The number of carbonyl (C=O) groups excluding carboxylic acids is 3. The van der Waals surface area contributed by atoms with Gasteiger partial charge in [0, 0.05) is 117 Å². The van der Waals surface area contributed by atoms with Gasteiger partial charge in [0.25, 0.3) is 5.91 Å². The van der Waals surface area contributed by atoms with Crippen LogP contribution in [0.2, 0.25) is 0 Å². The van der Waals surface area contributed by atoms with E-state index in [1.54, 1.807) is 25.3 Å². The number of nitrogens with one attached hydrogen (secondary N) is 3. The molecule has 14 nitrogen and oxygen atoms in total. The highest BCUT2D eigenvalue weighted by Gasteiger charge is 2.64. The molecule has 3 aromatic carbocycles. The van der Waals surface area contributed by atoms with Crippen molar-refractivity contribution >= 4 is 40.0 Å². The van der Waals surface area contributed by atoms with Crippen LogP contribution in [0.1, 0.15) is 80.2 Å². The molecular weight excluding hydrogens is 804 g/mol. The predicted octanol–water partition coefficient (Wildman–Crippen LogP) is 5.02. The summed E-state index contributed by atoms with van der Waals surface area (Å²) < 4.78 is 28.9. The van der Waals surface area contributed by atoms with Gasteiger partial charge in [-0.15, -0.1) is 0 Å². The van der Waals surface area contributed by atoms with Crippen molar-refractivity contribution in [2.24, 2.45) is 10.8 Å². The molecule has 5 aliphatic rings. The highest BCUT2D eigenvalue weighted by molar-refractivity contribution is 6.00. The second-order valence-corrected chi connectivity index (χ2v) is 19.1. The van der Waals surface area contributed by atoms with Crippen LogP contribution in [0.4, 0.5) is 15.8 Å². The van der Waals surface area contributed by atoms with Crippen LogP contribution in [-0.2, 0) is 20.9 Å². The monoisotopic (exact) mass is 858 g/mol. The summed E-state index contributed by atoms with van der Waals surface area (Å²) in [5.41, 5.74) is 2.88. The molecule has 63 heavy (non-hydrogen) atoms. The smallest absolute Gasteiger partial charge is 0.251 e. The van der Waals surface area contributed by atoms with Crippen LogP contribution in [0.5, 0.6) is 5.75 Å². The summed E-state index contributed by atoms with van der Waals surface area (Å²) in [5, 5.41) is 16.0. The van der Waals surface area contributed by atoms with Crippen molar-refractivity contribution in [1.82, 2.24) is 25.4 Å². The molecule has 3 saturated heterocycles. The van der Waals surface area contributed by atoms with Crippen LogP contribution in [0.3, 0.4) is 0 Å². The molecule has 3 N–H and O–H groups in total. The Morgan fingerprint density at radius 2 is 1.65 bits per heavy atom. The van der Waals surface area contributed by atoms with Gasteiger partial charge in [-0.3, -0.25) is 34.3 Å². The van der Waals surface area contributed by atoms with Gasteiger partial charge in [-0.25, -0.2) is 4.39 Å². The molecule has 1 aliphatic carbocycles. The molecule has 3 unspecified atom stereocenters. The van der Waals surface area contributed by atoms with E-state index in [9.17, 15) is 24.4 Å². The van der Waals surface area contributed by atoms with Gasteiger partial charge in [0.2, 0.25) is 17.4 Å². The average molecular weight is 859 g/mol. The van der Waals surface area contributed by atoms with Crippen LogP contribution < -0.4 is 30.7 Å². The number of hydrogen-bond donors (Lipinski definition) is 3. The van der Waals surface area contributed by atoms with Crippen molar-refractivity contribution in [3.8, 4) is 11.8 Å². The lowest BCUT2D eigenvalue weighted by molar-refractivity contribution is -0.163.